The van der Waals surface area contributed by atoms with Gasteiger partial charge in [-0.15, -0.1) is 0 Å². The minimum absolute atomic E-state index is 0. The highest BCUT2D eigenvalue weighted by atomic mass is 35.5. The summed E-state index contributed by atoms with van der Waals surface area (Å²) in [6, 6.07) is 26.7. The number of benzene rings is 3. The maximum absolute atomic E-state index is 6.20. The Kier molecular flexibility index (Phi) is 5.04. The third-order valence-corrected chi connectivity index (χ3v) is 6.07. The summed E-state index contributed by atoms with van der Waals surface area (Å²) in [5.74, 6) is 0.833. The Morgan fingerprint density at radius 2 is 1.62 bits per heavy atom. The second kappa shape index (κ2) is 7.90. The Morgan fingerprint density at radius 1 is 0.875 bits per heavy atom. The van der Waals surface area contributed by atoms with Crippen molar-refractivity contribution < 1.29 is 21.5 Å². The number of para-hydroxylation sites is 1. The highest BCUT2D eigenvalue weighted by molar-refractivity contribution is 6.30. The lowest BCUT2D eigenvalue weighted by atomic mass is 10.1. The molecule has 4 nitrogen and oxygen atoms in total. The number of aromatic nitrogens is 3. The Hall–Kier alpha value is -3.47. The van der Waals surface area contributed by atoms with Gasteiger partial charge in [0, 0.05) is 26.9 Å². The van der Waals surface area contributed by atoms with Gasteiger partial charge in [-0.1, -0.05) is 29.8 Å². The molecule has 0 amide bonds. The van der Waals surface area contributed by atoms with Crippen LogP contribution >= 0.6 is 11.6 Å². The molecule has 0 radical (unpaired) electrons. The van der Waals surface area contributed by atoms with Gasteiger partial charge in [0.15, 0.2) is 5.69 Å². The van der Waals surface area contributed by atoms with Crippen LogP contribution in [-0.4, -0.2) is 16.7 Å². The number of pyridine rings is 1. The molecule has 3 heterocycles. The molecular formula is C26H19Cl2N3O. The van der Waals surface area contributed by atoms with Crippen LogP contribution in [0.25, 0.3) is 44.3 Å². The SMILES string of the molecule is COc1ccc(-n2c[n+]3ccc4c5ccccc5[nH]c4c3c2-c2ccc(Cl)cc2)cc1.[Cl-]. The van der Waals surface area contributed by atoms with Crippen molar-refractivity contribution in [3.05, 3.63) is 96.4 Å². The van der Waals surface area contributed by atoms with Crippen molar-refractivity contribution in [1.82, 2.24) is 9.55 Å². The minimum atomic E-state index is 0. The maximum atomic E-state index is 6.20. The van der Waals surface area contributed by atoms with Gasteiger partial charge in [0.25, 0.3) is 6.33 Å². The van der Waals surface area contributed by atoms with Gasteiger partial charge >= 0.3 is 0 Å². The first-order valence-corrected chi connectivity index (χ1v) is 10.5. The Labute approximate surface area is 196 Å². The fraction of sp³-hybridized carbons (Fsp3) is 0.0385. The van der Waals surface area contributed by atoms with Crippen LogP contribution < -0.4 is 21.5 Å². The van der Waals surface area contributed by atoms with E-state index in [0.29, 0.717) is 0 Å². The summed E-state index contributed by atoms with van der Waals surface area (Å²) in [7, 11) is 1.68. The number of methoxy groups -OCH3 is 1. The fourth-order valence-corrected chi connectivity index (χ4v) is 4.46. The number of rotatable bonds is 3. The lowest BCUT2D eigenvalue weighted by molar-refractivity contribution is -0.510. The molecule has 6 aromatic rings. The average molecular weight is 460 g/mol. The minimum Gasteiger partial charge on any atom is -1.00 e. The predicted octanol–water partition coefficient (Wildman–Crippen LogP) is 3.18. The van der Waals surface area contributed by atoms with Gasteiger partial charge in [0.2, 0.25) is 5.52 Å². The molecule has 0 aliphatic rings. The standard InChI is InChI=1S/C26H19ClN3O.ClH/c1-31-20-12-10-19(11-13-20)30-16-29-15-14-22-21-4-2-3-5-23(21)28-24(22)26(29)25(30)17-6-8-18(27)9-7-17;/h2-16,28H,1H3;1H/q+1;/p-1. The number of nitrogens with one attached hydrogen (secondary N) is 1. The van der Waals surface area contributed by atoms with Gasteiger partial charge in [0.05, 0.1) is 18.8 Å². The molecule has 6 rings (SSSR count). The lowest BCUT2D eigenvalue weighted by Gasteiger charge is -2.04. The normalized spacial score (nSPS) is 11.2. The second-order valence-electron chi connectivity index (χ2n) is 7.57. The number of H-pyrrole nitrogens is 1. The predicted molar refractivity (Wildman–Crippen MR) is 125 cm³/mol. The van der Waals surface area contributed by atoms with Crippen molar-refractivity contribution in [1.29, 1.82) is 0 Å². The van der Waals surface area contributed by atoms with Crippen LogP contribution in [0.15, 0.2) is 91.4 Å². The van der Waals surface area contributed by atoms with E-state index in [0.717, 1.165) is 44.3 Å². The number of nitrogens with zero attached hydrogens (tertiary/aromatic N) is 2. The summed E-state index contributed by atoms with van der Waals surface area (Å²) in [6.07, 6.45) is 4.24. The summed E-state index contributed by atoms with van der Waals surface area (Å²) in [6.45, 7) is 0. The van der Waals surface area contributed by atoms with Gasteiger partial charge in [-0.25, -0.2) is 0 Å². The Bertz CT molecular complexity index is 1570. The highest BCUT2D eigenvalue weighted by Crippen LogP contribution is 2.34. The average Bonchev–Trinajstić information content (AvgIpc) is 3.38. The molecule has 0 aliphatic carbocycles. The van der Waals surface area contributed by atoms with Crippen molar-refractivity contribution in [2.24, 2.45) is 0 Å². The summed E-state index contributed by atoms with van der Waals surface area (Å²) in [4.78, 5) is 3.65. The van der Waals surface area contributed by atoms with E-state index in [1.54, 1.807) is 7.11 Å². The van der Waals surface area contributed by atoms with E-state index in [1.165, 1.54) is 10.8 Å². The van der Waals surface area contributed by atoms with Gasteiger partial charge in [-0.2, -0.15) is 8.97 Å². The number of halogens is 2. The van der Waals surface area contributed by atoms with E-state index in [4.69, 9.17) is 16.3 Å². The van der Waals surface area contributed by atoms with E-state index < -0.39 is 0 Å². The van der Waals surface area contributed by atoms with E-state index in [2.05, 4.69) is 81.1 Å². The zero-order chi connectivity index (χ0) is 20.9. The molecule has 0 saturated carbocycles. The summed E-state index contributed by atoms with van der Waals surface area (Å²) in [5, 5.41) is 3.15. The smallest absolute Gasteiger partial charge is 0.254 e. The van der Waals surface area contributed by atoms with Crippen molar-refractivity contribution in [3.63, 3.8) is 0 Å². The van der Waals surface area contributed by atoms with Crippen LogP contribution in [0.3, 0.4) is 0 Å². The van der Waals surface area contributed by atoms with Crippen LogP contribution in [0.5, 0.6) is 5.75 Å². The largest absolute Gasteiger partial charge is 1.00 e. The number of fused-ring (bicyclic) bond motifs is 5. The van der Waals surface area contributed by atoms with Crippen LogP contribution in [0.2, 0.25) is 5.02 Å². The van der Waals surface area contributed by atoms with Crippen molar-refractivity contribution in [2.45, 2.75) is 0 Å². The number of ether oxygens (including phenoxy) is 1. The molecule has 0 bridgehead atoms. The lowest BCUT2D eigenvalue weighted by Crippen LogP contribution is -3.00. The molecule has 0 unspecified atom stereocenters. The quantitative estimate of drug-likeness (QED) is 0.405. The third-order valence-electron chi connectivity index (χ3n) is 5.82. The highest BCUT2D eigenvalue weighted by Gasteiger charge is 2.25. The van der Waals surface area contributed by atoms with Gasteiger partial charge < -0.3 is 22.1 Å². The summed E-state index contributed by atoms with van der Waals surface area (Å²) < 4.78 is 9.73. The van der Waals surface area contributed by atoms with E-state index in [1.807, 2.05) is 24.3 Å². The topological polar surface area (TPSA) is 34.0 Å². The molecule has 3 aromatic heterocycles. The molecular weight excluding hydrogens is 441 g/mol. The van der Waals surface area contributed by atoms with Crippen LogP contribution in [0.4, 0.5) is 0 Å². The zero-order valence-corrected chi connectivity index (χ0v) is 18.7. The van der Waals surface area contributed by atoms with E-state index in [9.17, 15) is 0 Å². The first-order chi connectivity index (χ1) is 15.2. The third kappa shape index (κ3) is 3.11. The molecule has 0 fully saturated rings. The van der Waals surface area contributed by atoms with E-state index >= 15 is 0 Å². The van der Waals surface area contributed by atoms with Crippen LogP contribution in [0.1, 0.15) is 0 Å². The number of hydrogen-bond donors (Lipinski definition) is 1. The van der Waals surface area contributed by atoms with Gasteiger partial charge in [-0.05, 0) is 60.7 Å². The Balaban J connectivity index is 0.00000216. The monoisotopic (exact) mass is 459 g/mol. The molecule has 0 spiro atoms. The summed E-state index contributed by atoms with van der Waals surface area (Å²) >= 11 is 6.20. The molecule has 0 atom stereocenters. The van der Waals surface area contributed by atoms with E-state index in [-0.39, 0.29) is 12.4 Å². The maximum Gasteiger partial charge on any atom is 0.254 e. The molecule has 6 heteroatoms. The number of hydrogen-bond acceptors (Lipinski definition) is 1. The first-order valence-electron chi connectivity index (χ1n) is 10.1. The van der Waals surface area contributed by atoms with Crippen molar-refractivity contribution in [2.75, 3.05) is 7.11 Å². The van der Waals surface area contributed by atoms with Crippen molar-refractivity contribution >= 4 is 38.9 Å². The summed E-state index contributed by atoms with van der Waals surface area (Å²) in [5.41, 5.74) is 6.60. The molecule has 0 aliphatic heterocycles. The van der Waals surface area contributed by atoms with Gasteiger partial charge in [-0.3, -0.25) is 0 Å². The van der Waals surface area contributed by atoms with Crippen LogP contribution in [-0.2, 0) is 0 Å². The molecule has 3 aromatic carbocycles. The molecule has 158 valence electrons. The molecule has 32 heavy (non-hydrogen) atoms. The second-order valence-corrected chi connectivity index (χ2v) is 8.01. The molecule has 0 saturated heterocycles. The first kappa shape index (κ1) is 20.4. The number of imidazole rings is 1. The Morgan fingerprint density at radius 3 is 2.38 bits per heavy atom. The fourth-order valence-electron chi connectivity index (χ4n) is 4.34. The van der Waals surface area contributed by atoms with Gasteiger partial charge in [0.1, 0.15) is 11.4 Å². The van der Waals surface area contributed by atoms with Crippen LogP contribution in [0, 0.1) is 0 Å². The number of aromatic amines is 1. The van der Waals surface area contributed by atoms with Crippen molar-refractivity contribution in [3.8, 4) is 22.7 Å². The molecule has 1 N–H and O–H groups in total. The zero-order valence-electron chi connectivity index (χ0n) is 17.2.